The van der Waals surface area contributed by atoms with Gasteiger partial charge >= 0.3 is 0 Å². The van der Waals surface area contributed by atoms with Crippen LogP contribution in [-0.2, 0) is 13.2 Å². The largest absolute Gasteiger partial charge is 0.392 e. The lowest BCUT2D eigenvalue weighted by atomic mass is 10.1. The van der Waals surface area contributed by atoms with E-state index in [4.69, 9.17) is 9.51 Å². The summed E-state index contributed by atoms with van der Waals surface area (Å²) in [6.45, 7) is 6.00. The minimum atomic E-state index is -0.00445. The predicted octanol–water partition coefficient (Wildman–Crippen LogP) is 1.74. The molecule has 2 aromatic heterocycles. The summed E-state index contributed by atoms with van der Waals surface area (Å²) in [4.78, 5) is 13.6. The zero-order valence-corrected chi connectivity index (χ0v) is 14.2. The summed E-state index contributed by atoms with van der Waals surface area (Å²) in [7, 11) is 0. The minimum Gasteiger partial charge on any atom is -0.392 e. The fourth-order valence-electron chi connectivity index (χ4n) is 3.26. The zero-order chi connectivity index (χ0) is 17.2. The fourth-order valence-corrected chi connectivity index (χ4v) is 3.26. The number of para-hydroxylation sites is 1. The predicted molar refractivity (Wildman–Crippen MR) is 94.2 cm³/mol. The van der Waals surface area contributed by atoms with Gasteiger partial charge in [-0.25, -0.2) is 4.98 Å². The van der Waals surface area contributed by atoms with Gasteiger partial charge in [-0.2, -0.15) is 4.98 Å². The minimum absolute atomic E-state index is 0.00445. The number of fused-ring (bicyclic) bond motifs is 1. The van der Waals surface area contributed by atoms with E-state index in [1.807, 2.05) is 30.3 Å². The average Bonchev–Trinajstić information content (AvgIpc) is 3.06. The molecule has 0 atom stereocenters. The monoisotopic (exact) mass is 339 g/mol. The third-order valence-electron chi connectivity index (χ3n) is 4.56. The Morgan fingerprint density at radius 3 is 2.64 bits per heavy atom. The van der Waals surface area contributed by atoms with Crippen LogP contribution in [0.4, 0.5) is 5.82 Å². The Morgan fingerprint density at radius 1 is 1.12 bits per heavy atom. The third kappa shape index (κ3) is 3.33. The molecule has 7 nitrogen and oxygen atoms in total. The Kier molecular flexibility index (Phi) is 4.33. The molecule has 3 aromatic rings. The maximum absolute atomic E-state index is 9.75. The van der Waals surface area contributed by atoms with E-state index < -0.39 is 0 Å². The molecule has 0 aliphatic carbocycles. The lowest BCUT2D eigenvalue weighted by molar-refractivity contribution is 0.238. The van der Waals surface area contributed by atoms with Crippen LogP contribution in [0.5, 0.6) is 0 Å². The summed E-state index contributed by atoms with van der Waals surface area (Å²) in [6, 6.07) is 10.0. The molecule has 4 rings (SSSR count). The number of aryl methyl sites for hydroxylation is 1. The van der Waals surface area contributed by atoms with Gasteiger partial charge in [0.2, 0.25) is 5.89 Å². The van der Waals surface area contributed by atoms with Gasteiger partial charge in [-0.15, -0.1) is 0 Å². The van der Waals surface area contributed by atoms with E-state index in [1.165, 1.54) is 0 Å². The molecule has 1 aliphatic heterocycles. The summed E-state index contributed by atoms with van der Waals surface area (Å²) < 4.78 is 5.03. The van der Waals surface area contributed by atoms with Crippen molar-refractivity contribution < 1.29 is 9.63 Å². The van der Waals surface area contributed by atoms with Gasteiger partial charge in [0.05, 0.1) is 18.7 Å². The van der Waals surface area contributed by atoms with Crippen molar-refractivity contribution in [3.05, 3.63) is 47.6 Å². The summed E-state index contributed by atoms with van der Waals surface area (Å²) >= 11 is 0. The van der Waals surface area contributed by atoms with Gasteiger partial charge < -0.3 is 14.5 Å². The summed E-state index contributed by atoms with van der Waals surface area (Å²) in [5.41, 5.74) is 1.83. The van der Waals surface area contributed by atoms with Gasteiger partial charge in [-0.3, -0.25) is 4.90 Å². The SMILES string of the molecule is Cc1nc(CN2CCN(c3nc4ccccc4cc3CO)CC2)no1. The second-order valence-corrected chi connectivity index (χ2v) is 6.31. The molecule has 0 radical (unpaired) electrons. The number of anilines is 1. The number of aliphatic hydroxyl groups is 1. The van der Waals surface area contributed by atoms with Crippen LogP contribution in [0.25, 0.3) is 10.9 Å². The van der Waals surface area contributed by atoms with Crippen molar-refractivity contribution in [3.8, 4) is 0 Å². The summed E-state index contributed by atoms with van der Waals surface area (Å²) in [6.07, 6.45) is 0. The quantitative estimate of drug-likeness (QED) is 0.775. The van der Waals surface area contributed by atoms with E-state index in [9.17, 15) is 5.11 Å². The van der Waals surface area contributed by atoms with Gasteiger partial charge in [0, 0.05) is 44.1 Å². The van der Waals surface area contributed by atoms with Crippen LogP contribution in [0, 0.1) is 6.92 Å². The fraction of sp³-hybridized carbons (Fsp3) is 0.389. The summed E-state index contributed by atoms with van der Waals surface area (Å²) in [5.74, 6) is 2.21. The standard InChI is InChI=1S/C18H21N5O2/c1-13-19-17(21-25-13)11-22-6-8-23(9-7-22)18-15(12-24)10-14-4-2-3-5-16(14)20-18/h2-5,10,24H,6-9,11-12H2,1H3. The highest BCUT2D eigenvalue weighted by atomic mass is 16.5. The van der Waals surface area contributed by atoms with Crippen molar-refractivity contribution in [3.63, 3.8) is 0 Å². The number of aliphatic hydroxyl groups excluding tert-OH is 1. The van der Waals surface area contributed by atoms with Gasteiger partial charge in [-0.05, 0) is 12.1 Å². The lowest BCUT2D eigenvalue weighted by Crippen LogP contribution is -2.46. The highest BCUT2D eigenvalue weighted by Gasteiger charge is 2.21. The molecule has 1 fully saturated rings. The van der Waals surface area contributed by atoms with E-state index in [-0.39, 0.29) is 6.61 Å². The highest BCUT2D eigenvalue weighted by molar-refractivity contribution is 5.81. The van der Waals surface area contributed by atoms with Gasteiger partial charge in [0.15, 0.2) is 5.82 Å². The molecule has 25 heavy (non-hydrogen) atoms. The smallest absolute Gasteiger partial charge is 0.223 e. The van der Waals surface area contributed by atoms with E-state index in [0.29, 0.717) is 12.4 Å². The number of hydrogen-bond acceptors (Lipinski definition) is 7. The van der Waals surface area contributed by atoms with Crippen LogP contribution in [0.1, 0.15) is 17.3 Å². The maximum Gasteiger partial charge on any atom is 0.223 e. The van der Waals surface area contributed by atoms with Crippen LogP contribution in [0.2, 0.25) is 0 Å². The van der Waals surface area contributed by atoms with E-state index in [1.54, 1.807) is 6.92 Å². The third-order valence-corrected chi connectivity index (χ3v) is 4.56. The Balaban J connectivity index is 1.49. The Labute approximate surface area is 145 Å². The molecule has 7 heteroatoms. The molecule has 0 bridgehead atoms. The van der Waals surface area contributed by atoms with Crippen LogP contribution >= 0.6 is 0 Å². The number of rotatable bonds is 4. The number of aromatic nitrogens is 3. The van der Waals surface area contributed by atoms with Crippen LogP contribution in [0.15, 0.2) is 34.9 Å². The highest BCUT2D eigenvalue weighted by Crippen LogP contribution is 2.25. The Morgan fingerprint density at radius 2 is 1.92 bits per heavy atom. The van der Waals surface area contributed by atoms with E-state index in [2.05, 4.69) is 19.9 Å². The van der Waals surface area contributed by atoms with Gasteiger partial charge in [-0.1, -0.05) is 23.4 Å². The normalized spacial score (nSPS) is 15.8. The first kappa shape index (κ1) is 16.0. The number of nitrogens with zero attached hydrogens (tertiary/aromatic N) is 5. The zero-order valence-electron chi connectivity index (χ0n) is 14.2. The van der Waals surface area contributed by atoms with Crippen molar-refractivity contribution in [1.82, 2.24) is 20.0 Å². The van der Waals surface area contributed by atoms with Crippen molar-refractivity contribution in [2.75, 3.05) is 31.1 Å². The first-order valence-electron chi connectivity index (χ1n) is 8.49. The molecule has 130 valence electrons. The molecule has 0 unspecified atom stereocenters. The van der Waals surface area contributed by atoms with Gasteiger partial charge in [0.25, 0.3) is 0 Å². The summed E-state index contributed by atoms with van der Waals surface area (Å²) in [5, 5.41) is 14.8. The molecule has 1 aliphatic rings. The number of piperazine rings is 1. The molecule has 3 heterocycles. The number of hydrogen-bond donors (Lipinski definition) is 1. The Bertz CT molecular complexity index is 871. The number of pyridine rings is 1. The second kappa shape index (κ2) is 6.78. The molecular weight excluding hydrogens is 318 g/mol. The van der Waals surface area contributed by atoms with Crippen molar-refractivity contribution in [2.45, 2.75) is 20.1 Å². The molecule has 0 spiro atoms. The molecule has 0 amide bonds. The average molecular weight is 339 g/mol. The molecule has 1 aromatic carbocycles. The van der Waals surface area contributed by atoms with Crippen LogP contribution < -0.4 is 4.90 Å². The Hall–Kier alpha value is -2.51. The number of benzene rings is 1. The van der Waals surface area contributed by atoms with E-state index in [0.717, 1.165) is 54.3 Å². The maximum atomic E-state index is 9.75. The molecule has 1 N–H and O–H groups in total. The van der Waals surface area contributed by atoms with Crippen LogP contribution in [0.3, 0.4) is 0 Å². The first-order valence-corrected chi connectivity index (χ1v) is 8.49. The van der Waals surface area contributed by atoms with E-state index >= 15 is 0 Å². The van der Waals surface area contributed by atoms with Gasteiger partial charge in [0.1, 0.15) is 5.82 Å². The lowest BCUT2D eigenvalue weighted by Gasteiger charge is -2.35. The second-order valence-electron chi connectivity index (χ2n) is 6.31. The van der Waals surface area contributed by atoms with Crippen LogP contribution in [-0.4, -0.2) is 51.3 Å². The first-order chi connectivity index (χ1) is 12.2. The topological polar surface area (TPSA) is 78.5 Å². The van der Waals surface area contributed by atoms with Crippen molar-refractivity contribution in [1.29, 1.82) is 0 Å². The van der Waals surface area contributed by atoms with Crippen molar-refractivity contribution >= 4 is 16.7 Å². The molecular formula is C18H21N5O2. The molecule has 1 saturated heterocycles. The molecule has 0 saturated carbocycles. The van der Waals surface area contributed by atoms with Crippen molar-refractivity contribution in [2.24, 2.45) is 0 Å².